The van der Waals surface area contributed by atoms with Crippen molar-refractivity contribution in [2.75, 3.05) is 0 Å². The highest BCUT2D eigenvalue weighted by molar-refractivity contribution is 8.26. The van der Waals surface area contributed by atoms with Crippen LogP contribution in [0.2, 0.25) is 0 Å². The topological polar surface area (TPSA) is 124 Å². The van der Waals surface area contributed by atoms with E-state index in [0.29, 0.717) is 11.8 Å². The van der Waals surface area contributed by atoms with Crippen LogP contribution in [0, 0.1) is 28.6 Å². The van der Waals surface area contributed by atoms with Crippen molar-refractivity contribution in [3.8, 4) is 0 Å². The molecule has 6 rings (SSSR count). The number of rotatable bonds is 5. The normalized spacial score (nSPS) is 37.2. The van der Waals surface area contributed by atoms with Crippen LogP contribution in [0.25, 0.3) is 0 Å². The minimum Gasteiger partial charge on any atom is -0.460 e. The number of alkyl halides is 1. The second-order valence-corrected chi connectivity index (χ2v) is 13.2. The summed E-state index contributed by atoms with van der Waals surface area (Å²) in [6.45, 7) is 3.31. The Balaban J connectivity index is 1.41. The third-order valence-corrected chi connectivity index (χ3v) is 10.8. The first-order valence-corrected chi connectivity index (χ1v) is 14.7. The number of aliphatic hydroxyl groups excluding tert-OH is 1. The Labute approximate surface area is 244 Å². The molecule has 2 saturated carbocycles. The van der Waals surface area contributed by atoms with Crippen LogP contribution >= 0.6 is 11.8 Å². The van der Waals surface area contributed by atoms with Gasteiger partial charge in [0.05, 0.1) is 18.6 Å². The SMILES string of the molecule is C[C@@H]1CC2C3CC(F)=C4CC(=O)C=C[C@]4(C)[C@@]3(F)[C@@H](O)C[C@]2(CC(=O)SC(=O)c2ccco2)[C@@H]1OC(=O)c1ccco1. The van der Waals surface area contributed by atoms with Gasteiger partial charge in [0, 0.05) is 36.0 Å². The van der Waals surface area contributed by atoms with Crippen LogP contribution < -0.4 is 0 Å². The summed E-state index contributed by atoms with van der Waals surface area (Å²) in [5, 5.41) is 10.5. The molecule has 2 heterocycles. The molecule has 11 heteroatoms. The largest absolute Gasteiger partial charge is 0.460 e. The number of aliphatic hydroxyl groups is 1. The van der Waals surface area contributed by atoms with Gasteiger partial charge in [-0.2, -0.15) is 0 Å². The molecule has 1 N–H and O–H groups in total. The summed E-state index contributed by atoms with van der Waals surface area (Å²) in [5.41, 5.74) is -5.22. The zero-order valence-corrected chi connectivity index (χ0v) is 23.8. The lowest BCUT2D eigenvalue weighted by Gasteiger charge is -2.61. The Morgan fingerprint density at radius 2 is 1.83 bits per heavy atom. The van der Waals surface area contributed by atoms with Gasteiger partial charge < -0.3 is 18.7 Å². The zero-order valence-electron chi connectivity index (χ0n) is 23.0. The summed E-state index contributed by atoms with van der Waals surface area (Å²) in [4.78, 5) is 51.4. The molecule has 0 amide bonds. The summed E-state index contributed by atoms with van der Waals surface area (Å²) < 4.78 is 49.7. The van der Waals surface area contributed by atoms with Gasteiger partial charge >= 0.3 is 5.97 Å². The van der Waals surface area contributed by atoms with E-state index in [-0.39, 0.29) is 55.0 Å². The number of thioether (sulfide) groups is 1. The Morgan fingerprint density at radius 3 is 2.50 bits per heavy atom. The van der Waals surface area contributed by atoms with Crippen molar-refractivity contribution in [1.82, 2.24) is 0 Å². The highest BCUT2D eigenvalue weighted by atomic mass is 32.2. The standard InChI is InChI=1S/C31H30F2O8S/c1-16-11-18-19-13-21(32)20-12-17(34)7-8-29(20,2)31(19,33)24(35)14-30(18,26(16)41-27(37)22-5-3-9-39-22)15-25(36)42-28(38)23-6-4-10-40-23/h3-10,16,18-19,24,26,35H,11-15H2,1-2H3/t16-,18?,19?,24+,26-,29+,30-,31+/m1/s1. The van der Waals surface area contributed by atoms with Crippen molar-refractivity contribution in [2.45, 2.75) is 63.8 Å². The molecule has 2 unspecified atom stereocenters. The third-order valence-electron chi connectivity index (χ3n) is 9.99. The Hall–Kier alpha value is -3.31. The van der Waals surface area contributed by atoms with Crippen molar-refractivity contribution in [3.05, 3.63) is 71.9 Å². The number of furan rings is 2. The zero-order chi connectivity index (χ0) is 30.0. The van der Waals surface area contributed by atoms with Gasteiger partial charge in [-0.05, 0) is 79.3 Å². The molecule has 222 valence electrons. The van der Waals surface area contributed by atoms with E-state index in [1.165, 1.54) is 55.9 Å². The maximum Gasteiger partial charge on any atom is 0.374 e. The first-order valence-electron chi connectivity index (χ1n) is 13.9. The van der Waals surface area contributed by atoms with Gasteiger partial charge in [-0.3, -0.25) is 14.4 Å². The second kappa shape index (κ2) is 10.2. The van der Waals surface area contributed by atoms with Crippen LogP contribution in [0.1, 0.15) is 67.1 Å². The molecular weight excluding hydrogens is 570 g/mol. The van der Waals surface area contributed by atoms with Crippen molar-refractivity contribution >= 4 is 33.7 Å². The fourth-order valence-corrected chi connectivity index (χ4v) is 8.99. The van der Waals surface area contributed by atoms with Gasteiger partial charge in [-0.1, -0.05) is 13.0 Å². The number of esters is 1. The Morgan fingerprint density at radius 1 is 1.14 bits per heavy atom. The lowest BCUT2D eigenvalue weighted by atomic mass is 9.45. The van der Waals surface area contributed by atoms with Gasteiger partial charge in [-0.25, -0.2) is 13.6 Å². The molecule has 2 fully saturated rings. The van der Waals surface area contributed by atoms with Gasteiger partial charge in [0.2, 0.25) is 5.76 Å². The van der Waals surface area contributed by atoms with E-state index in [0.717, 1.165) is 0 Å². The molecule has 42 heavy (non-hydrogen) atoms. The number of carbonyl (C=O) groups excluding carboxylic acids is 4. The number of carbonyl (C=O) groups is 4. The Kier molecular flexibility index (Phi) is 6.96. The Bertz CT molecular complexity index is 1500. The molecular formula is C31H30F2O8S. The number of hydrogen-bond donors (Lipinski definition) is 1. The second-order valence-electron chi connectivity index (χ2n) is 12.1. The third kappa shape index (κ3) is 4.18. The smallest absolute Gasteiger partial charge is 0.374 e. The molecule has 0 bridgehead atoms. The molecule has 2 aromatic heterocycles. The van der Waals surface area contributed by atoms with E-state index in [2.05, 4.69) is 0 Å². The predicted octanol–water partition coefficient (Wildman–Crippen LogP) is 5.78. The molecule has 0 aliphatic heterocycles. The molecule has 0 aromatic carbocycles. The van der Waals surface area contributed by atoms with Gasteiger partial charge in [-0.15, -0.1) is 0 Å². The number of ether oxygens (including phenoxy) is 1. The van der Waals surface area contributed by atoms with Gasteiger partial charge in [0.15, 0.2) is 22.3 Å². The minimum atomic E-state index is -2.36. The summed E-state index contributed by atoms with van der Waals surface area (Å²) >= 11 is 0.424. The van der Waals surface area contributed by atoms with E-state index in [9.17, 15) is 24.3 Å². The van der Waals surface area contributed by atoms with Crippen molar-refractivity contribution in [3.63, 3.8) is 0 Å². The summed E-state index contributed by atoms with van der Waals surface area (Å²) in [6, 6.07) is 5.89. The fraction of sp³-hybridized carbons (Fsp3) is 0.484. The molecule has 0 spiro atoms. The monoisotopic (exact) mass is 600 g/mol. The van der Waals surface area contributed by atoms with Crippen molar-refractivity contribution < 1.29 is 46.6 Å². The first kappa shape index (κ1) is 28.8. The summed E-state index contributed by atoms with van der Waals surface area (Å²) in [6.07, 6.45) is 1.58. The maximum atomic E-state index is 17.6. The molecule has 4 aliphatic carbocycles. The van der Waals surface area contributed by atoms with Crippen LogP contribution in [0.4, 0.5) is 8.78 Å². The minimum absolute atomic E-state index is 0.0204. The lowest BCUT2D eigenvalue weighted by Crippen LogP contribution is -2.67. The first-order chi connectivity index (χ1) is 19.9. The maximum absolute atomic E-state index is 17.6. The highest BCUT2D eigenvalue weighted by Gasteiger charge is 2.73. The average Bonchev–Trinajstić information content (AvgIpc) is 3.71. The molecule has 4 aliphatic rings. The molecule has 0 radical (unpaired) electrons. The van der Waals surface area contributed by atoms with Crippen LogP contribution in [0.15, 0.2) is 69.2 Å². The molecule has 2 aromatic rings. The number of halogens is 2. The van der Waals surface area contributed by atoms with Crippen LogP contribution in [-0.2, 0) is 14.3 Å². The number of allylic oxidation sites excluding steroid dienone is 4. The van der Waals surface area contributed by atoms with E-state index >= 15 is 8.78 Å². The fourth-order valence-electron chi connectivity index (χ4n) is 8.23. The summed E-state index contributed by atoms with van der Waals surface area (Å²) in [7, 11) is 0. The van der Waals surface area contributed by atoms with Crippen molar-refractivity contribution in [2.24, 2.45) is 28.6 Å². The lowest BCUT2D eigenvalue weighted by molar-refractivity contribution is -0.203. The quantitative estimate of drug-likeness (QED) is 0.425. The molecule has 0 saturated heterocycles. The highest BCUT2D eigenvalue weighted by Crippen LogP contribution is 2.70. The van der Waals surface area contributed by atoms with Gasteiger partial charge in [0.1, 0.15) is 11.9 Å². The van der Waals surface area contributed by atoms with E-state index in [4.69, 9.17) is 13.6 Å². The predicted molar refractivity (Wildman–Crippen MR) is 145 cm³/mol. The number of ketones is 1. The molecule has 8 atom stereocenters. The van der Waals surface area contributed by atoms with E-state index in [1.807, 2.05) is 0 Å². The van der Waals surface area contributed by atoms with E-state index in [1.54, 1.807) is 6.92 Å². The van der Waals surface area contributed by atoms with Crippen LogP contribution in [0.5, 0.6) is 0 Å². The van der Waals surface area contributed by atoms with Crippen LogP contribution in [-0.4, -0.2) is 45.0 Å². The summed E-state index contributed by atoms with van der Waals surface area (Å²) in [5.74, 6) is -4.01. The van der Waals surface area contributed by atoms with Crippen molar-refractivity contribution in [1.29, 1.82) is 0 Å². The number of fused-ring (bicyclic) bond motifs is 5. The number of hydrogen-bond acceptors (Lipinski definition) is 9. The molecule has 8 nitrogen and oxygen atoms in total. The van der Waals surface area contributed by atoms with E-state index < -0.39 is 68.5 Å². The average molecular weight is 601 g/mol. The van der Waals surface area contributed by atoms with Gasteiger partial charge in [0.25, 0.3) is 5.12 Å². The van der Waals surface area contributed by atoms with Crippen LogP contribution in [0.3, 0.4) is 0 Å².